The molecule has 3 rings (SSSR count). The number of carbonyl (C=O) groups is 1. The molecule has 0 aliphatic carbocycles. The lowest BCUT2D eigenvalue weighted by Crippen LogP contribution is -2.44. The summed E-state index contributed by atoms with van der Waals surface area (Å²) >= 11 is 1.74. The minimum Gasteiger partial charge on any atom is -0.362 e. The second-order valence-electron chi connectivity index (χ2n) is 6.25. The van der Waals surface area contributed by atoms with Crippen LogP contribution in [0.5, 0.6) is 0 Å². The molecule has 116 valence electrons. The molecule has 21 heavy (non-hydrogen) atoms. The molecule has 5 heteroatoms. The molecule has 1 atom stereocenters. The van der Waals surface area contributed by atoms with Crippen LogP contribution in [-0.2, 0) is 16.0 Å². The highest BCUT2D eigenvalue weighted by molar-refractivity contribution is 7.09. The summed E-state index contributed by atoms with van der Waals surface area (Å²) in [6.07, 6.45) is 4.69. The number of nitrogens with zero attached hydrogens (tertiary/aromatic N) is 1. The number of nitrogens with one attached hydrogen (secondary N) is 1. The first-order valence-electron chi connectivity index (χ1n) is 7.83. The van der Waals surface area contributed by atoms with Crippen LogP contribution in [0.2, 0.25) is 0 Å². The lowest BCUT2D eigenvalue weighted by Gasteiger charge is -2.37. The van der Waals surface area contributed by atoms with E-state index in [0.717, 1.165) is 45.2 Å². The van der Waals surface area contributed by atoms with Gasteiger partial charge in [-0.15, -0.1) is 11.3 Å². The molecule has 0 bridgehead atoms. The van der Waals surface area contributed by atoms with Gasteiger partial charge >= 0.3 is 0 Å². The average molecular weight is 308 g/mol. The van der Waals surface area contributed by atoms with Crippen LogP contribution in [0.3, 0.4) is 0 Å². The van der Waals surface area contributed by atoms with Gasteiger partial charge in [0.25, 0.3) is 0 Å². The van der Waals surface area contributed by atoms with Crippen LogP contribution in [0, 0.1) is 0 Å². The summed E-state index contributed by atoms with van der Waals surface area (Å²) in [6, 6.07) is 4.15. The van der Waals surface area contributed by atoms with Crippen molar-refractivity contribution < 1.29 is 9.53 Å². The van der Waals surface area contributed by atoms with Crippen LogP contribution >= 0.6 is 11.3 Å². The van der Waals surface area contributed by atoms with E-state index < -0.39 is 0 Å². The Bertz CT molecular complexity index is 467. The van der Waals surface area contributed by atoms with Gasteiger partial charge in [0.2, 0.25) is 5.91 Å². The predicted molar refractivity (Wildman–Crippen MR) is 84.6 cm³/mol. The van der Waals surface area contributed by atoms with Crippen LogP contribution in [0.4, 0.5) is 0 Å². The smallest absolute Gasteiger partial charge is 0.249 e. The number of amides is 1. The number of thiophene rings is 1. The van der Waals surface area contributed by atoms with E-state index in [2.05, 4.69) is 28.7 Å². The summed E-state index contributed by atoms with van der Waals surface area (Å²) in [5.74, 6) is 0.0716. The summed E-state index contributed by atoms with van der Waals surface area (Å²) in [5.41, 5.74) is -0.0255. The second-order valence-corrected chi connectivity index (χ2v) is 7.28. The van der Waals surface area contributed by atoms with Crippen LogP contribution in [0.15, 0.2) is 17.5 Å². The fourth-order valence-corrected chi connectivity index (χ4v) is 3.98. The van der Waals surface area contributed by atoms with Crippen LogP contribution in [0.25, 0.3) is 0 Å². The van der Waals surface area contributed by atoms with Gasteiger partial charge in [-0.25, -0.2) is 0 Å². The summed E-state index contributed by atoms with van der Waals surface area (Å²) in [6.45, 7) is 2.86. The minimum atomic E-state index is -0.239. The van der Waals surface area contributed by atoms with Crippen molar-refractivity contribution in [2.75, 3.05) is 26.7 Å². The van der Waals surface area contributed by atoms with Crippen LogP contribution < -0.4 is 5.32 Å². The van der Waals surface area contributed by atoms with Crippen LogP contribution in [-0.4, -0.2) is 49.2 Å². The molecule has 2 aliphatic rings. The van der Waals surface area contributed by atoms with Crippen molar-refractivity contribution in [1.82, 2.24) is 10.2 Å². The van der Waals surface area contributed by atoms with E-state index >= 15 is 0 Å². The van der Waals surface area contributed by atoms with E-state index in [4.69, 9.17) is 4.74 Å². The number of hydrogen-bond donors (Lipinski definition) is 1. The van der Waals surface area contributed by atoms with Gasteiger partial charge in [0, 0.05) is 24.5 Å². The third-order valence-corrected chi connectivity index (χ3v) is 5.63. The molecule has 1 aromatic rings. The highest BCUT2D eigenvalue weighted by Crippen LogP contribution is 2.38. The summed E-state index contributed by atoms with van der Waals surface area (Å²) in [4.78, 5) is 15.9. The number of likely N-dealkylation sites (tertiary alicyclic amines) is 1. The third-order valence-electron chi connectivity index (χ3n) is 4.70. The molecule has 0 aromatic carbocycles. The second kappa shape index (κ2) is 6.46. The van der Waals surface area contributed by atoms with Crippen LogP contribution in [0.1, 0.15) is 30.6 Å². The molecule has 4 nitrogen and oxygen atoms in total. The highest BCUT2D eigenvalue weighted by atomic mass is 32.1. The maximum atomic E-state index is 12.2. The molecule has 1 spiro atoms. The summed E-state index contributed by atoms with van der Waals surface area (Å²) in [7, 11) is 2.15. The van der Waals surface area contributed by atoms with Gasteiger partial charge in [-0.05, 0) is 50.6 Å². The topological polar surface area (TPSA) is 41.6 Å². The first-order valence-corrected chi connectivity index (χ1v) is 8.71. The van der Waals surface area contributed by atoms with E-state index in [9.17, 15) is 4.79 Å². The Hall–Kier alpha value is -0.910. The standard InChI is InChI=1S/C16H24N2O2S/c1-18-10-7-16(8-11-18)6-4-14(20-16)15(19)17-9-5-13-3-2-12-21-13/h2-3,12,14H,4-11H2,1H3,(H,17,19)/t14-/m1/s1. The molecular formula is C16H24N2O2S. The highest BCUT2D eigenvalue weighted by Gasteiger charge is 2.44. The van der Waals surface area contributed by atoms with Crippen molar-refractivity contribution in [3.05, 3.63) is 22.4 Å². The first kappa shape index (κ1) is 15.0. The van der Waals surface area contributed by atoms with E-state index in [1.54, 1.807) is 11.3 Å². The number of hydrogen-bond acceptors (Lipinski definition) is 4. The zero-order chi connectivity index (χ0) is 14.7. The third kappa shape index (κ3) is 3.65. The zero-order valence-corrected chi connectivity index (χ0v) is 13.5. The van der Waals surface area contributed by atoms with Gasteiger partial charge < -0.3 is 15.0 Å². The van der Waals surface area contributed by atoms with E-state index in [1.165, 1.54) is 4.88 Å². The summed E-state index contributed by atoms with van der Waals surface area (Å²) in [5, 5.41) is 5.10. The molecule has 1 aromatic heterocycles. The Morgan fingerprint density at radius 2 is 2.29 bits per heavy atom. The lowest BCUT2D eigenvalue weighted by molar-refractivity contribution is -0.140. The molecule has 0 unspecified atom stereocenters. The Kier molecular flexibility index (Phi) is 4.62. The number of carbonyl (C=O) groups excluding carboxylic acids is 1. The van der Waals surface area contributed by atoms with E-state index in [-0.39, 0.29) is 17.6 Å². The molecule has 0 radical (unpaired) electrons. The fourth-order valence-electron chi connectivity index (χ4n) is 3.27. The molecule has 2 fully saturated rings. The Balaban J connectivity index is 1.44. The predicted octanol–water partition coefficient (Wildman–Crippen LogP) is 2.05. The molecule has 1 amide bonds. The van der Waals surface area contributed by atoms with Gasteiger partial charge in [-0.2, -0.15) is 0 Å². The van der Waals surface area contributed by atoms with Gasteiger partial charge in [0.15, 0.2) is 0 Å². The Morgan fingerprint density at radius 1 is 1.48 bits per heavy atom. The van der Waals surface area contributed by atoms with E-state index in [0.29, 0.717) is 6.54 Å². The van der Waals surface area contributed by atoms with Crippen molar-refractivity contribution in [3.63, 3.8) is 0 Å². The largest absolute Gasteiger partial charge is 0.362 e. The molecule has 0 saturated carbocycles. The number of ether oxygens (including phenoxy) is 1. The quantitative estimate of drug-likeness (QED) is 0.925. The molecule has 1 N–H and O–H groups in total. The van der Waals surface area contributed by atoms with Gasteiger partial charge in [0.1, 0.15) is 6.10 Å². The van der Waals surface area contributed by atoms with Gasteiger partial charge in [0.05, 0.1) is 5.60 Å². The molecule has 3 heterocycles. The zero-order valence-electron chi connectivity index (χ0n) is 12.6. The molecular weight excluding hydrogens is 284 g/mol. The SMILES string of the molecule is CN1CCC2(CC[C@H](C(=O)NCCc3cccs3)O2)CC1. The molecule has 2 aliphatic heterocycles. The van der Waals surface area contributed by atoms with Gasteiger partial charge in [-0.3, -0.25) is 4.79 Å². The van der Waals surface area contributed by atoms with Crippen molar-refractivity contribution in [3.8, 4) is 0 Å². The maximum Gasteiger partial charge on any atom is 0.249 e. The first-order chi connectivity index (χ1) is 10.2. The lowest BCUT2D eigenvalue weighted by atomic mass is 9.89. The van der Waals surface area contributed by atoms with Crippen molar-refractivity contribution in [2.24, 2.45) is 0 Å². The van der Waals surface area contributed by atoms with Crippen molar-refractivity contribution in [2.45, 2.75) is 43.8 Å². The number of piperidine rings is 1. The van der Waals surface area contributed by atoms with Gasteiger partial charge in [-0.1, -0.05) is 6.07 Å². The summed E-state index contributed by atoms with van der Waals surface area (Å²) < 4.78 is 6.15. The monoisotopic (exact) mass is 308 g/mol. The Labute approximate surface area is 130 Å². The van der Waals surface area contributed by atoms with Crippen molar-refractivity contribution in [1.29, 1.82) is 0 Å². The minimum absolute atomic E-state index is 0.0255. The number of rotatable bonds is 4. The maximum absolute atomic E-state index is 12.2. The Morgan fingerprint density at radius 3 is 3.00 bits per heavy atom. The normalized spacial score (nSPS) is 25.3. The average Bonchev–Trinajstić information content (AvgIpc) is 3.13. The van der Waals surface area contributed by atoms with Crippen molar-refractivity contribution >= 4 is 17.2 Å². The molecule has 2 saturated heterocycles. The van der Waals surface area contributed by atoms with E-state index in [1.807, 2.05) is 6.07 Å². The fraction of sp³-hybridized carbons (Fsp3) is 0.688.